The molecule has 0 bridgehead atoms. The van der Waals surface area contributed by atoms with Gasteiger partial charge in [-0.05, 0) is 61.6 Å². The van der Waals surface area contributed by atoms with Crippen molar-refractivity contribution in [1.82, 2.24) is 20.9 Å². The maximum Gasteiger partial charge on any atom is 0.326 e. The van der Waals surface area contributed by atoms with E-state index in [1.165, 1.54) is 48.2 Å². The van der Waals surface area contributed by atoms with E-state index >= 15 is 0 Å². The summed E-state index contributed by atoms with van der Waals surface area (Å²) >= 11 is 0. The number of rotatable bonds is 19. The molecule has 0 spiro atoms. The summed E-state index contributed by atoms with van der Waals surface area (Å²) in [5.41, 5.74) is 7.17. The van der Waals surface area contributed by atoms with E-state index in [2.05, 4.69) is 22.9 Å². The van der Waals surface area contributed by atoms with E-state index in [0.29, 0.717) is 24.0 Å². The summed E-state index contributed by atoms with van der Waals surface area (Å²) in [5.74, 6) is -4.04. The first kappa shape index (κ1) is 39.7. The van der Waals surface area contributed by atoms with Crippen LogP contribution in [0.4, 0.5) is 0 Å². The van der Waals surface area contributed by atoms with Gasteiger partial charge in [0, 0.05) is 25.4 Å². The van der Waals surface area contributed by atoms with Gasteiger partial charge in [-0.15, -0.1) is 0 Å². The van der Waals surface area contributed by atoms with Gasteiger partial charge in [-0.1, -0.05) is 63.3 Å². The molecule has 14 nitrogen and oxygen atoms in total. The van der Waals surface area contributed by atoms with Crippen LogP contribution < -0.4 is 21.7 Å². The SMILES string of the molecule is CCCCCCCC(N)C(O)C(=O)N[C@H](C)C(=O)N1CCC[C@@H]1C(=O)N[C@H](Cc1ccc(O)cc1)C(=O)N[C@H](Cc1ccc(O)cc1)C(=O)O. The zero-order valence-electron chi connectivity index (χ0n) is 28.7. The number of aliphatic hydroxyl groups is 1. The fourth-order valence-electron chi connectivity index (χ4n) is 5.93. The molecule has 0 aromatic heterocycles. The Hall–Kier alpha value is -4.69. The fourth-order valence-corrected chi connectivity index (χ4v) is 5.93. The average molecular weight is 698 g/mol. The second kappa shape index (κ2) is 19.5. The van der Waals surface area contributed by atoms with Gasteiger partial charge < -0.3 is 47.0 Å². The molecule has 1 aliphatic heterocycles. The average Bonchev–Trinajstić information content (AvgIpc) is 3.58. The number of carboxylic acid groups (broad SMARTS) is 1. The summed E-state index contributed by atoms with van der Waals surface area (Å²) in [5, 5.41) is 47.3. The summed E-state index contributed by atoms with van der Waals surface area (Å²) < 4.78 is 0. The molecular weight excluding hydrogens is 646 g/mol. The number of likely N-dealkylation sites (tertiary alicyclic amines) is 1. The Balaban J connectivity index is 1.68. The first-order valence-corrected chi connectivity index (χ1v) is 17.2. The maximum absolute atomic E-state index is 13.7. The standard InChI is InChI=1S/C36H51N5O9/c1-3-4-5-6-7-9-27(37)31(44)34(47)38-22(2)35(48)41-19-8-10-30(41)33(46)39-28(20-23-11-15-25(42)16-12-23)32(45)40-29(36(49)50)21-24-13-17-26(43)18-14-24/h11-18,22,27-31,42-44H,3-10,19-21,37H2,1-2H3,(H,38,47)(H,39,46)(H,40,45)(H,49,50)/t22-,27?,28-,29-,30-,31?/m1/s1. The molecule has 3 rings (SSSR count). The minimum atomic E-state index is -1.50. The summed E-state index contributed by atoms with van der Waals surface area (Å²) in [4.78, 5) is 66.8. The third kappa shape index (κ3) is 12.0. The number of carbonyl (C=O) groups excluding carboxylic acids is 4. The molecule has 14 heteroatoms. The number of aromatic hydroxyl groups is 2. The molecule has 6 atom stereocenters. The molecule has 2 unspecified atom stereocenters. The van der Waals surface area contributed by atoms with Crippen LogP contribution in [0.2, 0.25) is 0 Å². The fraction of sp³-hybridized carbons (Fsp3) is 0.528. The summed E-state index contributed by atoms with van der Waals surface area (Å²) in [7, 11) is 0. The Labute approximate surface area is 292 Å². The monoisotopic (exact) mass is 697 g/mol. The highest BCUT2D eigenvalue weighted by molar-refractivity contribution is 5.95. The van der Waals surface area contributed by atoms with Gasteiger partial charge in [0.05, 0.1) is 0 Å². The summed E-state index contributed by atoms with van der Waals surface area (Å²) in [6.45, 7) is 3.78. The van der Waals surface area contributed by atoms with Gasteiger partial charge in [0.1, 0.15) is 41.8 Å². The minimum Gasteiger partial charge on any atom is -0.508 e. The van der Waals surface area contributed by atoms with Gasteiger partial charge in [0.2, 0.25) is 17.7 Å². The van der Waals surface area contributed by atoms with Crippen molar-refractivity contribution in [2.75, 3.05) is 6.54 Å². The van der Waals surface area contributed by atoms with Gasteiger partial charge in [-0.3, -0.25) is 19.2 Å². The van der Waals surface area contributed by atoms with Crippen molar-refractivity contribution < 1.29 is 44.4 Å². The van der Waals surface area contributed by atoms with Crippen LogP contribution in [0.3, 0.4) is 0 Å². The maximum atomic E-state index is 13.7. The molecule has 2 aromatic carbocycles. The summed E-state index contributed by atoms with van der Waals surface area (Å²) in [6, 6.07) is 6.40. The second-order valence-electron chi connectivity index (χ2n) is 12.9. The van der Waals surface area contributed by atoms with Crippen molar-refractivity contribution >= 4 is 29.6 Å². The molecule has 1 heterocycles. The van der Waals surface area contributed by atoms with E-state index in [9.17, 15) is 44.4 Å². The van der Waals surface area contributed by atoms with E-state index in [1.54, 1.807) is 12.1 Å². The molecule has 1 saturated heterocycles. The number of aliphatic carboxylic acids is 1. The van der Waals surface area contributed by atoms with Crippen molar-refractivity contribution in [2.24, 2.45) is 5.73 Å². The molecule has 0 saturated carbocycles. The Morgan fingerprint density at radius 2 is 1.38 bits per heavy atom. The highest BCUT2D eigenvalue weighted by Gasteiger charge is 2.39. The van der Waals surface area contributed by atoms with Crippen LogP contribution in [0.5, 0.6) is 11.5 Å². The first-order chi connectivity index (χ1) is 23.8. The lowest BCUT2D eigenvalue weighted by Gasteiger charge is -2.29. The Bertz CT molecular complexity index is 1440. The van der Waals surface area contributed by atoms with Gasteiger partial charge in [0.25, 0.3) is 5.91 Å². The van der Waals surface area contributed by atoms with Gasteiger partial charge in [0.15, 0.2) is 0 Å². The van der Waals surface area contributed by atoms with Crippen molar-refractivity contribution in [3.05, 3.63) is 59.7 Å². The number of carboxylic acids is 1. The molecule has 1 fully saturated rings. The van der Waals surface area contributed by atoms with E-state index in [1.807, 2.05) is 0 Å². The number of phenolic OH excluding ortho intramolecular Hbond substituents is 2. The van der Waals surface area contributed by atoms with Crippen LogP contribution in [0.1, 0.15) is 76.3 Å². The number of benzene rings is 2. The highest BCUT2D eigenvalue weighted by Crippen LogP contribution is 2.20. The quantitative estimate of drug-likeness (QED) is 0.0986. The minimum absolute atomic E-state index is 0.00263. The van der Waals surface area contributed by atoms with E-state index in [-0.39, 0.29) is 37.3 Å². The smallest absolute Gasteiger partial charge is 0.326 e. The molecule has 0 aliphatic carbocycles. The molecule has 50 heavy (non-hydrogen) atoms. The van der Waals surface area contributed by atoms with Crippen molar-refractivity contribution in [3.8, 4) is 11.5 Å². The lowest BCUT2D eigenvalue weighted by atomic mass is 10.0. The third-order valence-corrected chi connectivity index (χ3v) is 8.88. The van der Waals surface area contributed by atoms with Crippen molar-refractivity contribution in [2.45, 2.75) is 114 Å². The number of nitrogens with two attached hydrogens (primary N) is 1. The van der Waals surface area contributed by atoms with E-state index in [0.717, 1.165) is 32.1 Å². The largest absolute Gasteiger partial charge is 0.508 e. The first-order valence-electron chi connectivity index (χ1n) is 17.2. The zero-order valence-corrected chi connectivity index (χ0v) is 28.7. The number of phenols is 2. The van der Waals surface area contributed by atoms with E-state index < -0.39 is 65.9 Å². The molecule has 0 radical (unpaired) electrons. The number of nitrogens with one attached hydrogen (secondary N) is 3. The van der Waals surface area contributed by atoms with Crippen molar-refractivity contribution in [1.29, 1.82) is 0 Å². The Morgan fingerprint density at radius 1 is 0.820 bits per heavy atom. The number of nitrogens with zero attached hydrogens (tertiary/aromatic N) is 1. The molecular formula is C36H51N5O9. The molecule has 1 aliphatic rings. The number of hydrogen-bond donors (Lipinski definition) is 8. The Morgan fingerprint density at radius 3 is 1.94 bits per heavy atom. The number of aliphatic hydroxyl groups excluding tert-OH is 1. The van der Waals surface area contributed by atoms with Crippen LogP contribution in [0.25, 0.3) is 0 Å². The predicted octanol–water partition coefficient (Wildman–Crippen LogP) is 1.48. The normalized spacial score (nSPS) is 17.2. The number of unbranched alkanes of at least 4 members (excludes halogenated alkanes) is 4. The number of carbonyl (C=O) groups is 5. The van der Waals surface area contributed by atoms with Gasteiger partial charge in [-0.25, -0.2) is 4.79 Å². The number of amides is 4. The molecule has 9 N–H and O–H groups in total. The zero-order chi connectivity index (χ0) is 36.8. The predicted molar refractivity (Wildman–Crippen MR) is 185 cm³/mol. The van der Waals surface area contributed by atoms with E-state index in [4.69, 9.17) is 5.73 Å². The van der Waals surface area contributed by atoms with Crippen LogP contribution in [-0.2, 0) is 36.8 Å². The Kier molecular flexibility index (Phi) is 15.5. The second-order valence-corrected chi connectivity index (χ2v) is 12.9. The van der Waals surface area contributed by atoms with Crippen LogP contribution in [0.15, 0.2) is 48.5 Å². The lowest BCUT2D eigenvalue weighted by molar-refractivity contribution is -0.143. The molecule has 2 aromatic rings. The van der Waals surface area contributed by atoms with Crippen LogP contribution >= 0.6 is 0 Å². The topological polar surface area (TPSA) is 232 Å². The van der Waals surface area contributed by atoms with Crippen LogP contribution in [-0.4, -0.2) is 97.8 Å². The third-order valence-electron chi connectivity index (χ3n) is 8.88. The highest BCUT2D eigenvalue weighted by atomic mass is 16.4. The molecule has 274 valence electrons. The van der Waals surface area contributed by atoms with Crippen molar-refractivity contribution in [3.63, 3.8) is 0 Å². The molecule has 4 amide bonds. The van der Waals surface area contributed by atoms with Gasteiger partial charge in [-0.2, -0.15) is 0 Å². The van der Waals surface area contributed by atoms with Gasteiger partial charge >= 0.3 is 5.97 Å². The lowest BCUT2D eigenvalue weighted by Crippen LogP contribution is -2.58. The summed E-state index contributed by atoms with van der Waals surface area (Å²) in [6.07, 6.45) is 4.55. The van der Waals surface area contributed by atoms with Crippen LogP contribution in [0, 0.1) is 0 Å². The number of hydrogen-bond acceptors (Lipinski definition) is 9.